The molecule has 1 aliphatic rings. The van der Waals surface area contributed by atoms with Crippen molar-refractivity contribution in [3.63, 3.8) is 0 Å². The largest absolute Gasteiger partial charge is 0.349 e. The number of nitrogens with zero attached hydrogens (tertiary/aromatic N) is 1. The fourth-order valence-electron chi connectivity index (χ4n) is 3.08. The second-order valence-corrected chi connectivity index (χ2v) is 5.72. The third-order valence-corrected chi connectivity index (χ3v) is 4.25. The van der Waals surface area contributed by atoms with Gasteiger partial charge in [-0.15, -0.1) is 0 Å². The lowest BCUT2D eigenvalue weighted by Gasteiger charge is -2.23. The van der Waals surface area contributed by atoms with Crippen LogP contribution in [0.4, 0.5) is 0 Å². The molecular formula is C15H19ClN2. The number of aromatic nitrogens is 1. The van der Waals surface area contributed by atoms with Gasteiger partial charge in [0.25, 0.3) is 0 Å². The number of aryl methyl sites for hydroxylation is 1. The van der Waals surface area contributed by atoms with Gasteiger partial charge >= 0.3 is 0 Å². The molecule has 96 valence electrons. The van der Waals surface area contributed by atoms with Crippen molar-refractivity contribution < 1.29 is 0 Å². The predicted octanol–water partition coefficient (Wildman–Crippen LogP) is 3.37. The zero-order valence-corrected chi connectivity index (χ0v) is 11.5. The van der Waals surface area contributed by atoms with E-state index in [4.69, 9.17) is 11.6 Å². The van der Waals surface area contributed by atoms with Crippen molar-refractivity contribution in [1.29, 1.82) is 0 Å². The van der Waals surface area contributed by atoms with E-state index in [0.717, 1.165) is 23.9 Å². The summed E-state index contributed by atoms with van der Waals surface area (Å²) in [5.74, 6) is 0.762. The van der Waals surface area contributed by atoms with Gasteiger partial charge in [0, 0.05) is 18.6 Å². The summed E-state index contributed by atoms with van der Waals surface area (Å²) in [6, 6.07) is 6.48. The number of halogens is 1. The van der Waals surface area contributed by atoms with Gasteiger partial charge in [-0.25, -0.2) is 0 Å². The number of hydrogen-bond acceptors (Lipinski definition) is 1. The van der Waals surface area contributed by atoms with E-state index in [0.29, 0.717) is 0 Å². The van der Waals surface area contributed by atoms with E-state index in [1.807, 2.05) is 6.20 Å². The number of piperidine rings is 1. The third-order valence-electron chi connectivity index (χ3n) is 3.94. The Morgan fingerprint density at radius 3 is 3.11 bits per heavy atom. The quantitative estimate of drug-likeness (QED) is 0.878. The van der Waals surface area contributed by atoms with Crippen molar-refractivity contribution in [2.24, 2.45) is 13.0 Å². The Hall–Kier alpha value is -0.990. The molecular weight excluding hydrogens is 244 g/mol. The molecule has 18 heavy (non-hydrogen) atoms. The Balaban J connectivity index is 1.95. The van der Waals surface area contributed by atoms with Crippen LogP contribution in [0.2, 0.25) is 5.02 Å². The molecule has 0 saturated carbocycles. The number of rotatable bonds is 2. The summed E-state index contributed by atoms with van der Waals surface area (Å²) in [5.41, 5.74) is 2.73. The normalized spacial score (nSPS) is 20.4. The maximum Gasteiger partial charge on any atom is 0.0661 e. The first-order chi connectivity index (χ1) is 8.75. The van der Waals surface area contributed by atoms with Crippen LogP contribution in [0.25, 0.3) is 10.9 Å². The molecule has 0 amide bonds. The van der Waals surface area contributed by atoms with E-state index in [1.165, 1.54) is 35.9 Å². The molecule has 1 aromatic carbocycles. The van der Waals surface area contributed by atoms with Crippen LogP contribution < -0.4 is 5.32 Å². The van der Waals surface area contributed by atoms with E-state index in [1.54, 1.807) is 0 Å². The molecule has 0 radical (unpaired) electrons. The standard InChI is InChI=1S/C15H19ClN2/c1-18-10-14(16)13-6-2-5-12(15(13)18)8-11-4-3-7-17-9-11/h2,5-6,10-11,17H,3-4,7-9H2,1H3. The highest BCUT2D eigenvalue weighted by atomic mass is 35.5. The molecule has 0 aliphatic carbocycles. The van der Waals surface area contributed by atoms with Gasteiger partial charge in [0.2, 0.25) is 0 Å². The van der Waals surface area contributed by atoms with E-state index in [9.17, 15) is 0 Å². The number of benzene rings is 1. The van der Waals surface area contributed by atoms with Crippen molar-refractivity contribution in [1.82, 2.24) is 9.88 Å². The Kier molecular flexibility index (Phi) is 3.31. The van der Waals surface area contributed by atoms with E-state index in [2.05, 4.69) is 35.1 Å². The van der Waals surface area contributed by atoms with E-state index < -0.39 is 0 Å². The molecule has 3 rings (SSSR count). The molecule has 2 heterocycles. The van der Waals surface area contributed by atoms with Gasteiger partial charge in [-0.3, -0.25) is 0 Å². The number of nitrogens with one attached hydrogen (secondary N) is 1. The van der Waals surface area contributed by atoms with Crippen LogP contribution in [0.15, 0.2) is 24.4 Å². The molecule has 2 aromatic rings. The van der Waals surface area contributed by atoms with Gasteiger partial charge in [0.05, 0.1) is 10.5 Å². The fourth-order valence-corrected chi connectivity index (χ4v) is 3.38. The molecule has 1 aromatic heterocycles. The molecule has 1 N–H and O–H groups in total. The minimum atomic E-state index is 0.762. The van der Waals surface area contributed by atoms with Gasteiger partial charge < -0.3 is 9.88 Å². The molecule has 1 atom stereocenters. The highest BCUT2D eigenvalue weighted by molar-refractivity contribution is 6.35. The Bertz CT molecular complexity index is 553. The number of fused-ring (bicyclic) bond motifs is 1. The van der Waals surface area contributed by atoms with E-state index >= 15 is 0 Å². The van der Waals surface area contributed by atoms with Crippen LogP contribution in [-0.2, 0) is 13.5 Å². The first-order valence-electron chi connectivity index (χ1n) is 6.69. The van der Waals surface area contributed by atoms with Gasteiger partial charge in [0.15, 0.2) is 0 Å². The second-order valence-electron chi connectivity index (χ2n) is 5.32. The fraction of sp³-hybridized carbons (Fsp3) is 0.467. The smallest absolute Gasteiger partial charge is 0.0661 e. The molecule has 2 nitrogen and oxygen atoms in total. The average molecular weight is 263 g/mol. The number of hydrogen-bond donors (Lipinski definition) is 1. The molecule has 1 unspecified atom stereocenters. The van der Waals surface area contributed by atoms with Gasteiger partial charge in [-0.1, -0.05) is 29.8 Å². The summed E-state index contributed by atoms with van der Waals surface area (Å²) in [6.45, 7) is 2.32. The lowest BCUT2D eigenvalue weighted by atomic mass is 9.91. The van der Waals surface area contributed by atoms with Crippen molar-refractivity contribution in [2.45, 2.75) is 19.3 Å². The minimum Gasteiger partial charge on any atom is -0.349 e. The zero-order valence-electron chi connectivity index (χ0n) is 10.7. The predicted molar refractivity (Wildman–Crippen MR) is 77.2 cm³/mol. The van der Waals surface area contributed by atoms with Crippen molar-refractivity contribution in [3.05, 3.63) is 35.0 Å². The van der Waals surface area contributed by atoms with Crippen LogP contribution in [0.1, 0.15) is 18.4 Å². The van der Waals surface area contributed by atoms with Crippen molar-refractivity contribution in [3.8, 4) is 0 Å². The van der Waals surface area contributed by atoms with E-state index in [-0.39, 0.29) is 0 Å². The summed E-state index contributed by atoms with van der Waals surface area (Å²) in [5, 5.41) is 5.53. The first-order valence-corrected chi connectivity index (χ1v) is 7.06. The van der Waals surface area contributed by atoms with Crippen molar-refractivity contribution in [2.75, 3.05) is 13.1 Å². The Labute approximate surface area is 113 Å². The molecule has 0 bridgehead atoms. The highest BCUT2D eigenvalue weighted by Gasteiger charge is 2.16. The van der Waals surface area contributed by atoms with Gasteiger partial charge in [-0.2, -0.15) is 0 Å². The van der Waals surface area contributed by atoms with Crippen LogP contribution in [0, 0.1) is 5.92 Å². The monoisotopic (exact) mass is 262 g/mol. The topological polar surface area (TPSA) is 17.0 Å². The summed E-state index contributed by atoms with van der Waals surface area (Å²) in [4.78, 5) is 0. The maximum atomic E-state index is 6.26. The number of para-hydroxylation sites is 1. The lowest BCUT2D eigenvalue weighted by molar-refractivity contribution is 0.376. The Morgan fingerprint density at radius 1 is 1.44 bits per heavy atom. The van der Waals surface area contributed by atoms with Crippen molar-refractivity contribution >= 4 is 22.5 Å². The lowest BCUT2D eigenvalue weighted by Crippen LogP contribution is -2.30. The van der Waals surface area contributed by atoms with Gasteiger partial charge in [-0.05, 0) is 43.8 Å². The van der Waals surface area contributed by atoms with Gasteiger partial charge in [0.1, 0.15) is 0 Å². The molecule has 0 spiro atoms. The Morgan fingerprint density at radius 2 is 2.33 bits per heavy atom. The molecule has 1 saturated heterocycles. The zero-order chi connectivity index (χ0) is 12.5. The van der Waals surface area contributed by atoms with Crippen LogP contribution >= 0.6 is 11.6 Å². The van der Waals surface area contributed by atoms with Crippen LogP contribution in [0.5, 0.6) is 0 Å². The maximum absolute atomic E-state index is 6.26. The second kappa shape index (κ2) is 4.94. The summed E-state index contributed by atoms with van der Waals surface area (Å²) < 4.78 is 2.16. The summed E-state index contributed by atoms with van der Waals surface area (Å²) in [7, 11) is 2.08. The summed E-state index contributed by atoms with van der Waals surface area (Å²) in [6.07, 6.45) is 5.80. The average Bonchev–Trinajstić information content (AvgIpc) is 2.67. The molecule has 1 aliphatic heterocycles. The summed E-state index contributed by atoms with van der Waals surface area (Å²) >= 11 is 6.26. The highest BCUT2D eigenvalue weighted by Crippen LogP contribution is 2.29. The third kappa shape index (κ3) is 2.15. The SMILES string of the molecule is Cn1cc(Cl)c2cccc(CC3CCCNC3)c21. The molecule has 3 heteroatoms. The van der Waals surface area contributed by atoms with Crippen LogP contribution in [-0.4, -0.2) is 17.7 Å². The minimum absolute atomic E-state index is 0.762. The molecule has 1 fully saturated rings. The van der Waals surface area contributed by atoms with Crippen LogP contribution in [0.3, 0.4) is 0 Å². The first kappa shape index (κ1) is 12.1.